The van der Waals surface area contributed by atoms with Crippen molar-refractivity contribution in [3.63, 3.8) is 0 Å². The van der Waals surface area contributed by atoms with Crippen molar-refractivity contribution in [1.82, 2.24) is 0 Å². The molecule has 0 fully saturated rings. The highest BCUT2D eigenvalue weighted by molar-refractivity contribution is 5.71. The molecule has 0 amide bonds. The van der Waals surface area contributed by atoms with Crippen molar-refractivity contribution in [3.8, 4) is 0 Å². The highest BCUT2D eigenvalue weighted by Gasteiger charge is 2.19. The lowest BCUT2D eigenvalue weighted by Crippen LogP contribution is -2.30. The van der Waals surface area contributed by atoms with Crippen molar-refractivity contribution in [3.05, 3.63) is 48.6 Å². The molecule has 0 heterocycles. The Balaban J connectivity index is 4.39. The summed E-state index contributed by atoms with van der Waals surface area (Å²) in [5.74, 6) is -0.899. The lowest BCUT2D eigenvalue weighted by molar-refractivity contribution is -0.167. The molecule has 0 saturated heterocycles. The van der Waals surface area contributed by atoms with Gasteiger partial charge in [-0.25, -0.2) is 0 Å². The van der Waals surface area contributed by atoms with E-state index < -0.39 is 6.10 Å². The Morgan fingerprint density at radius 3 is 0.985 bits per heavy atom. The van der Waals surface area contributed by atoms with Gasteiger partial charge in [-0.3, -0.25) is 14.4 Å². The molecule has 1 atom stereocenters. The predicted octanol–water partition coefficient (Wildman–Crippen LogP) is 18.7. The van der Waals surface area contributed by atoms with Gasteiger partial charge in [-0.15, -0.1) is 0 Å². The first kappa shape index (κ1) is 62.4. The van der Waals surface area contributed by atoms with Crippen LogP contribution in [0.1, 0.15) is 290 Å². The van der Waals surface area contributed by atoms with Crippen LogP contribution in [0, 0.1) is 0 Å². The Bertz CT molecular complexity index is 1140. The van der Waals surface area contributed by atoms with E-state index in [-0.39, 0.29) is 31.1 Å². The van der Waals surface area contributed by atoms with E-state index in [2.05, 4.69) is 69.4 Å². The van der Waals surface area contributed by atoms with Crippen LogP contribution in [0.15, 0.2) is 48.6 Å². The van der Waals surface area contributed by atoms with Gasteiger partial charge in [0.15, 0.2) is 6.10 Å². The molecule has 0 radical (unpaired) electrons. The number of carbonyl (C=O) groups is 3. The zero-order chi connectivity index (χ0) is 47.2. The molecule has 6 nitrogen and oxygen atoms in total. The summed E-state index contributed by atoms with van der Waals surface area (Å²) in [5, 5.41) is 0. The van der Waals surface area contributed by atoms with Crippen molar-refractivity contribution in [1.29, 1.82) is 0 Å². The summed E-state index contributed by atoms with van der Waals surface area (Å²) >= 11 is 0. The number of esters is 3. The molecule has 0 aromatic heterocycles. The standard InChI is InChI=1S/C59H106O6/c1-4-7-10-13-16-19-22-25-28-29-32-34-37-40-43-46-49-52-58(61)64-55-56(65-59(62)53-50-47-44-41-38-35-31-27-24-21-18-15-12-9-6-3)54-63-57(60)51-48-45-42-39-36-33-30-26-23-20-17-14-11-8-5-2/h10,13,22,24-25,27,35,38,56H,4-9,11-12,14-21,23,26,28-34,36-37,39-55H2,1-3H3/b13-10+,25-22+,27-24+,38-35+. The van der Waals surface area contributed by atoms with Gasteiger partial charge >= 0.3 is 17.9 Å². The van der Waals surface area contributed by atoms with Crippen LogP contribution in [0.4, 0.5) is 0 Å². The second-order valence-corrected chi connectivity index (χ2v) is 18.8. The summed E-state index contributed by atoms with van der Waals surface area (Å²) in [5.41, 5.74) is 0. The fourth-order valence-electron chi connectivity index (χ4n) is 8.02. The zero-order valence-electron chi connectivity index (χ0n) is 43.3. The minimum Gasteiger partial charge on any atom is -0.462 e. The maximum Gasteiger partial charge on any atom is 0.306 e. The fourth-order valence-corrected chi connectivity index (χ4v) is 8.02. The Labute approximate surface area is 403 Å². The van der Waals surface area contributed by atoms with Gasteiger partial charge in [0.2, 0.25) is 0 Å². The number of unbranched alkanes of at least 4 members (excludes halogenated alkanes) is 32. The number of carbonyl (C=O) groups excluding carboxylic acids is 3. The summed E-state index contributed by atoms with van der Waals surface area (Å²) < 4.78 is 16.8. The molecule has 378 valence electrons. The third-order valence-corrected chi connectivity index (χ3v) is 12.3. The van der Waals surface area contributed by atoms with Gasteiger partial charge in [0.05, 0.1) is 0 Å². The first-order valence-electron chi connectivity index (χ1n) is 28.1. The van der Waals surface area contributed by atoms with Crippen molar-refractivity contribution in [2.75, 3.05) is 13.2 Å². The van der Waals surface area contributed by atoms with E-state index >= 15 is 0 Å². The van der Waals surface area contributed by atoms with Crippen LogP contribution >= 0.6 is 0 Å². The van der Waals surface area contributed by atoms with Gasteiger partial charge in [-0.2, -0.15) is 0 Å². The molecular formula is C59H106O6. The van der Waals surface area contributed by atoms with Gasteiger partial charge in [-0.1, -0.05) is 236 Å². The summed E-state index contributed by atoms with van der Waals surface area (Å²) in [6.45, 7) is 6.58. The van der Waals surface area contributed by atoms with E-state index in [4.69, 9.17) is 14.2 Å². The van der Waals surface area contributed by atoms with E-state index in [1.165, 1.54) is 167 Å². The number of hydrogen-bond acceptors (Lipinski definition) is 6. The van der Waals surface area contributed by atoms with Crippen molar-refractivity contribution in [2.24, 2.45) is 0 Å². The molecule has 65 heavy (non-hydrogen) atoms. The third-order valence-electron chi connectivity index (χ3n) is 12.3. The van der Waals surface area contributed by atoms with Gasteiger partial charge in [0.1, 0.15) is 13.2 Å². The van der Waals surface area contributed by atoms with Gasteiger partial charge in [0.25, 0.3) is 0 Å². The van der Waals surface area contributed by atoms with Gasteiger partial charge in [0, 0.05) is 19.3 Å². The van der Waals surface area contributed by atoms with Crippen LogP contribution in [0.25, 0.3) is 0 Å². The van der Waals surface area contributed by atoms with E-state index in [1.54, 1.807) is 0 Å². The molecule has 0 aromatic carbocycles. The Morgan fingerprint density at radius 1 is 0.308 bits per heavy atom. The molecular weight excluding hydrogens is 805 g/mol. The maximum atomic E-state index is 12.8. The Hall–Kier alpha value is -2.63. The normalized spacial score (nSPS) is 12.4. The smallest absolute Gasteiger partial charge is 0.306 e. The zero-order valence-corrected chi connectivity index (χ0v) is 43.3. The number of hydrogen-bond donors (Lipinski definition) is 0. The largest absolute Gasteiger partial charge is 0.462 e. The molecule has 0 saturated carbocycles. The Kier molecular flexibility index (Phi) is 51.8. The second kappa shape index (κ2) is 54.0. The molecule has 0 aliphatic rings. The van der Waals surface area contributed by atoms with Crippen LogP contribution in [-0.2, 0) is 28.6 Å². The monoisotopic (exact) mass is 911 g/mol. The topological polar surface area (TPSA) is 78.9 Å². The highest BCUT2D eigenvalue weighted by atomic mass is 16.6. The van der Waals surface area contributed by atoms with Gasteiger partial charge < -0.3 is 14.2 Å². The number of ether oxygens (including phenoxy) is 3. The SMILES string of the molecule is CCC/C=C/CC/C=C/CCCCCCCCCCC(=O)OCC(COC(=O)CCCCCCCCCCCCCCCCC)OC(=O)CCCCC/C=C/C/C=C/CCCCCCC. The van der Waals surface area contributed by atoms with E-state index in [0.717, 1.165) is 83.5 Å². The number of rotatable bonds is 51. The predicted molar refractivity (Wildman–Crippen MR) is 279 cm³/mol. The van der Waals surface area contributed by atoms with E-state index in [0.29, 0.717) is 19.3 Å². The van der Waals surface area contributed by atoms with Crippen LogP contribution in [-0.4, -0.2) is 37.2 Å². The first-order chi connectivity index (χ1) is 32.0. The van der Waals surface area contributed by atoms with Crippen LogP contribution in [0.5, 0.6) is 0 Å². The van der Waals surface area contributed by atoms with Gasteiger partial charge in [-0.05, 0) is 83.5 Å². The first-order valence-corrected chi connectivity index (χ1v) is 28.1. The van der Waals surface area contributed by atoms with Crippen LogP contribution < -0.4 is 0 Å². The fraction of sp³-hybridized carbons (Fsp3) is 0.814. The quantitative estimate of drug-likeness (QED) is 0.0262. The molecule has 0 spiro atoms. The van der Waals surface area contributed by atoms with Crippen LogP contribution in [0.2, 0.25) is 0 Å². The minimum absolute atomic E-state index is 0.0816. The maximum absolute atomic E-state index is 12.8. The van der Waals surface area contributed by atoms with Crippen molar-refractivity contribution in [2.45, 2.75) is 297 Å². The lowest BCUT2D eigenvalue weighted by atomic mass is 10.0. The average molecular weight is 911 g/mol. The second-order valence-electron chi connectivity index (χ2n) is 18.8. The van der Waals surface area contributed by atoms with Crippen LogP contribution in [0.3, 0.4) is 0 Å². The summed E-state index contributed by atoms with van der Waals surface area (Å²) in [4.78, 5) is 38.1. The highest BCUT2D eigenvalue weighted by Crippen LogP contribution is 2.16. The summed E-state index contributed by atoms with van der Waals surface area (Å²) in [7, 11) is 0. The molecule has 0 aliphatic carbocycles. The number of allylic oxidation sites excluding steroid dienone is 8. The molecule has 0 aromatic rings. The average Bonchev–Trinajstić information content (AvgIpc) is 3.30. The molecule has 0 bridgehead atoms. The molecule has 0 N–H and O–H groups in total. The third kappa shape index (κ3) is 52.2. The Morgan fingerprint density at radius 2 is 0.600 bits per heavy atom. The van der Waals surface area contributed by atoms with Crippen molar-refractivity contribution < 1.29 is 28.6 Å². The van der Waals surface area contributed by atoms with E-state index in [1.807, 2.05) is 0 Å². The molecule has 0 rings (SSSR count). The molecule has 6 heteroatoms. The molecule has 0 aliphatic heterocycles. The minimum atomic E-state index is -0.785. The van der Waals surface area contributed by atoms with E-state index in [9.17, 15) is 14.4 Å². The molecule has 1 unspecified atom stereocenters. The lowest BCUT2D eigenvalue weighted by Gasteiger charge is -2.18. The summed E-state index contributed by atoms with van der Waals surface area (Å²) in [6.07, 6.45) is 65.2. The van der Waals surface area contributed by atoms with Crippen molar-refractivity contribution >= 4 is 17.9 Å². The summed E-state index contributed by atoms with van der Waals surface area (Å²) in [6, 6.07) is 0.